The number of hydrogen-bond acceptors (Lipinski definition) is 3. The minimum atomic E-state index is 0. The Morgan fingerprint density at radius 1 is 1.39 bits per heavy atom. The molecule has 0 aromatic carbocycles. The summed E-state index contributed by atoms with van der Waals surface area (Å²) in [5.74, 6) is 0.852. The van der Waals surface area contributed by atoms with Gasteiger partial charge in [0.05, 0.1) is 0 Å². The van der Waals surface area contributed by atoms with E-state index in [-0.39, 0.29) is 24.0 Å². The first-order chi connectivity index (χ1) is 10.7. The van der Waals surface area contributed by atoms with Crippen LogP contribution in [0.4, 0.5) is 0 Å². The molecule has 130 valence electrons. The minimum absolute atomic E-state index is 0. The Kier molecular flexibility index (Phi) is 9.16. The Hall–Kier alpha value is -0.600. The predicted molar refractivity (Wildman–Crippen MR) is 106 cm³/mol. The van der Waals surface area contributed by atoms with Crippen molar-refractivity contribution in [2.75, 3.05) is 33.9 Å². The highest BCUT2D eigenvalue weighted by molar-refractivity contribution is 14.0. The van der Waals surface area contributed by atoms with Gasteiger partial charge in [-0.25, -0.2) is 4.98 Å². The number of ether oxygens (including phenoxy) is 1. The molecule has 1 aromatic heterocycles. The number of guanidine groups is 1. The number of nitrogens with one attached hydrogen (secondary N) is 2. The van der Waals surface area contributed by atoms with Crippen LogP contribution in [0, 0.1) is 5.41 Å². The molecule has 1 aliphatic carbocycles. The molecule has 1 aromatic rings. The highest BCUT2D eigenvalue weighted by atomic mass is 127. The zero-order valence-corrected chi connectivity index (χ0v) is 16.9. The van der Waals surface area contributed by atoms with Crippen LogP contribution in [0.5, 0.6) is 0 Å². The maximum absolute atomic E-state index is 5.78. The molecule has 0 atom stereocenters. The second-order valence-electron chi connectivity index (χ2n) is 5.83. The number of halogens is 2. The van der Waals surface area contributed by atoms with Crippen molar-refractivity contribution in [3.05, 3.63) is 29.0 Å². The van der Waals surface area contributed by atoms with Crippen molar-refractivity contribution < 1.29 is 4.74 Å². The van der Waals surface area contributed by atoms with E-state index in [9.17, 15) is 0 Å². The Morgan fingerprint density at radius 3 is 2.74 bits per heavy atom. The molecular weight excluding hydrogens is 427 g/mol. The second-order valence-corrected chi connectivity index (χ2v) is 6.22. The average molecular weight is 453 g/mol. The van der Waals surface area contributed by atoms with Crippen molar-refractivity contribution in [2.45, 2.75) is 25.7 Å². The molecule has 2 N–H and O–H groups in total. The van der Waals surface area contributed by atoms with Crippen LogP contribution in [0.2, 0.25) is 5.15 Å². The Balaban J connectivity index is 0.00000264. The lowest BCUT2D eigenvalue weighted by molar-refractivity contribution is 0.172. The smallest absolute Gasteiger partial charge is 0.191 e. The first-order valence-electron chi connectivity index (χ1n) is 7.71. The van der Waals surface area contributed by atoms with Gasteiger partial charge < -0.3 is 15.4 Å². The third kappa shape index (κ3) is 7.22. The van der Waals surface area contributed by atoms with Gasteiger partial charge >= 0.3 is 0 Å². The second kappa shape index (κ2) is 10.3. The van der Waals surface area contributed by atoms with Crippen LogP contribution in [0.3, 0.4) is 0 Å². The highest BCUT2D eigenvalue weighted by Gasteiger charge is 2.41. The minimum Gasteiger partial charge on any atom is -0.385 e. The summed E-state index contributed by atoms with van der Waals surface area (Å²) in [5.41, 5.74) is 1.57. The van der Waals surface area contributed by atoms with E-state index in [1.54, 1.807) is 14.2 Å². The number of pyridine rings is 1. The molecule has 0 saturated heterocycles. The fraction of sp³-hybridized carbons (Fsp3) is 0.625. The van der Waals surface area contributed by atoms with Gasteiger partial charge in [0.25, 0.3) is 0 Å². The molecule has 1 fully saturated rings. The number of aliphatic imine (C=N–C) groups is 1. The van der Waals surface area contributed by atoms with Gasteiger partial charge in [0.2, 0.25) is 0 Å². The molecule has 0 spiro atoms. The lowest BCUT2D eigenvalue weighted by atomic mass is 10.0. The highest BCUT2D eigenvalue weighted by Crippen LogP contribution is 2.48. The molecule has 0 aliphatic heterocycles. The maximum Gasteiger partial charge on any atom is 0.191 e. The van der Waals surface area contributed by atoms with Crippen LogP contribution in [-0.4, -0.2) is 44.8 Å². The fourth-order valence-corrected chi connectivity index (χ4v) is 2.49. The van der Waals surface area contributed by atoms with Gasteiger partial charge in [-0.15, -0.1) is 24.0 Å². The lowest BCUT2D eigenvalue weighted by Gasteiger charge is -2.18. The fourth-order valence-electron chi connectivity index (χ4n) is 2.38. The third-order valence-corrected chi connectivity index (χ3v) is 4.37. The molecule has 5 nitrogen and oxygen atoms in total. The number of methoxy groups -OCH3 is 1. The van der Waals surface area contributed by atoms with E-state index >= 15 is 0 Å². The van der Waals surface area contributed by atoms with E-state index in [2.05, 4.69) is 20.6 Å². The number of aromatic nitrogens is 1. The lowest BCUT2D eigenvalue weighted by Crippen LogP contribution is -2.41. The molecule has 1 aliphatic rings. The molecule has 1 saturated carbocycles. The van der Waals surface area contributed by atoms with E-state index in [0.29, 0.717) is 10.6 Å². The predicted octanol–water partition coefficient (Wildman–Crippen LogP) is 2.88. The van der Waals surface area contributed by atoms with E-state index in [1.807, 2.05) is 18.3 Å². The van der Waals surface area contributed by atoms with Gasteiger partial charge in [0.1, 0.15) is 5.15 Å². The van der Waals surface area contributed by atoms with Crippen LogP contribution in [0.25, 0.3) is 0 Å². The van der Waals surface area contributed by atoms with Crippen molar-refractivity contribution in [1.29, 1.82) is 0 Å². The van der Waals surface area contributed by atoms with Gasteiger partial charge in [-0.3, -0.25) is 4.99 Å². The Bertz CT molecular complexity index is 491. The van der Waals surface area contributed by atoms with Crippen LogP contribution >= 0.6 is 35.6 Å². The summed E-state index contributed by atoms with van der Waals surface area (Å²) < 4.78 is 5.18. The zero-order chi connectivity index (χ0) is 15.8. The molecule has 7 heteroatoms. The number of hydrogen-bond donors (Lipinski definition) is 2. The largest absolute Gasteiger partial charge is 0.385 e. The quantitative estimate of drug-likeness (QED) is 0.276. The summed E-state index contributed by atoms with van der Waals surface area (Å²) in [6, 6.07) is 3.81. The Morgan fingerprint density at radius 2 is 2.17 bits per heavy atom. The maximum atomic E-state index is 5.78. The summed E-state index contributed by atoms with van der Waals surface area (Å²) in [5, 5.41) is 7.29. The molecule has 0 amide bonds. The van der Waals surface area contributed by atoms with E-state index in [0.717, 1.165) is 44.1 Å². The Labute approximate surface area is 160 Å². The zero-order valence-electron chi connectivity index (χ0n) is 13.8. The van der Waals surface area contributed by atoms with Gasteiger partial charge in [-0.05, 0) is 42.7 Å². The van der Waals surface area contributed by atoms with Crippen molar-refractivity contribution in [3.63, 3.8) is 0 Å². The summed E-state index contributed by atoms with van der Waals surface area (Å²) >= 11 is 5.78. The normalized spacial score (nSPS) is 15.7. The molecule has 0 bridgehead atoms. The van der Waals surface area contributed by atoms with Crippen molar-refractivity contribution in [1.82, 2.24) is 15.6 Å². The molecule has 0 radical (unpaired) electrons. The van der Waals surface area contributed by atoms with Crippen LogP contribution < -0.4 is 10.6 Å². The van der Waals surface area contributed by atoms with Gasteiger partial charge in [0, 0.05) is 40.1 Å². The molecule has 23 heavy (non-hydrogen) atoms. The van der Waals surface area contributed by atoms with E-state index in [4.69, 9.17) is 16.3 Å². The molecule has 1 heterocycles. The monoisotopic (exact) mass is 452 g/mol. The topological polar surface area (TPSA) is 58.5 Å². The standard InChI is InChI=1S/C16H25ClN4O.HI/c1-18-15(21-12-16(6-7-16)8-10-22-2)19-9-5-13-3-4-14(17)20-11-13;/h3-4,11H,5-10,12H2,1-2H3,(H2,18,19,21);1H. The first kappa shape index (κ1) is 20.4. The third-order valence-electron chi connectivity index (χ3n) is 4.14. The summed E-state index contributed by atoms with van der Waals surface area (Å²) in [6.07, 6.45) is 6.36. The van der Waals surface area contributed by atoms with Crippen LogP contribution in [0.1, 0.15) is 24.8 Å². The van der Waals surface area contributed by atoms with Crippen LogP contribution in [0.15, 0.2) is 23.3 Å². The van der Waals surface area contributed by atoms with Gasteiger partial charge in [-0.1, -0.05) is 17.7 Å². The van der Waals surface area contributed by atoms with Crippen molar-refractivity contribution >= 4 is 41.5 Å². The van der Waals surface area contributed by atoms with E-state index in [1.165, 1.54) is 12.8 Å². The van der Waals surface area contributed by atoms with Gasteiger partial charge in [0.15, 0.2) is 5.96 Å². The number of rotatable bonds is 8. The SMILES string of the molecule is CN=C(NCCc1ccc(Cl)nc1)NCC1(CCOC)CC1.I. The van der Waals surface area contributed by atoms with Crippen molar-refractivity contribution in [2.24, 2.45) is 10.4 Å². The van der Waals surface area contributed by atoms with Gasteiger partial charge in [-0.2, -0.15) is 0 Å². The molecular formula is C16H26ClIN4O. The molecule has 2 rings (SSSR count). The summed E-state index contributed by atoms with van der Waals surface area (Å²) in [6.45, 7) is 2.60. The average Bonchev–Trinajstić information content (AvgIpc) is 3.31. The molecule has 0 unspecified atom stereocenters. The summed E-state index contributed by atoms with van der Waals surface area (Å²) in [4.78, 5) is 8.35. The van der Waals surface area contributed by atoms with Crippen molar-refractivity contribution in [3.8, 4) is 0 Å². The van der Waals surface area contributed by atoms with Crippen LogP contribution in [-0.2, 0) is 11.2 Å². The first-order valence-corrected chi connectivity index (χ1v) is 8.09. The number of nitrogens with zero attached hydrogens (tertiary/aromatic N) is 2. The van der Waals surface area contributed by atoms with E-state index < -0.39 is 0 Å². The summed E-state index contributed by atoms with van der Waals surface area (Å²) in [7, 11) is 3.56.